The third kappa shape index (κ3) is 4.53. The van der Waals surface area contributed by atoms with E-state index in [1.54, 1.807) is 13.0 Å². The van der Waals surface area contributed by atoms with Gasteiger partial charge in [-0.2, -0.15) is 0 Å². The van der Waals surface area contributed by atoms with Crippen molar-refractivity contribution in [2.45, 2.75) is 20.3 Å². The molecule has 0 aliphatic carbocycles. The number of anilines is 2. The molecule has 0 aliphatic heterocycles. The van der Waals surface area contributed by atoms with Crippen LogP contribution >= 0.6 is 15.9 Å². The van der Waals surface area contributed by atoms with E-state index in [1.165, 1.54) is 0 Å². The summed E-state index contributed by atoms with van der Waals surface area (Å²) >= 11 is 3.42. The quantitative estimate of drug-likeness (QED) is 0.868. The Morgan fingerprint density at radius 3 is 2.81 bits per heavy atom. The van der Waals surface area contributed by atoms with Gasteiger partial charge in [-0.25, -0.2) is 9.97 Å². The number of benzene rings is 1. The molecule has 0 fully saturated rings. The lowest BCUT2D eigenvalue weighted by atomic mass is 10.3. The molecule has 1 heterocycles. The van der Waals surface area contributed by atoms with E-state index < -0.39 is 0 Å². The van der Waals surface area contributed by atoms with Crippen molar-refractivity contribution in [1.29, 1.82) is 0 Å². The molecular formula is C15H17BrN4O. The number of nitrogens with zero attached hydrogens (tertiary/aromatic N) is 2. The predicted molar refractivity (Wildman–Crippen MR) is 86.8 cm³/mol. The van der Waals surface area contributed by atoms with Crippen LogP contribution in [-0.2, 0) is 0 Å². The van der Waals surface area contributed by atoms with Gasteiger partial charge in [0, 0.05) is 22.8 Å². The maximum Gasteiger partial charge on any atom is 0.270 e. The van der Waals surface area contributed by atoms with Crippen molar-refractivity contribution in [3.8, 4) is 0 Å². The van der Waals surface area contributed by atoms with E-state index >= 15 is 0 Å². The molecule has 5 nitrogen and oxygen atoms in total. The molecule has 0 aliphatic rings. The molecule has 110 valence electrons. The van der Waals surface area contributed by atoms with Crippen LogP contribution in [0.3, 0.4) is 0 Å². The average molecular weight is 349 g/mol. The Balaban J connectivity index is 2.20. The second-order valence-corrected chi connectivity index (χ2v) is 5.49. The number of amides is 1. The Bertz CT molecular complexity index is 645. The number of carbonyl (C=O) groups excluding carboxylic acids is 1. The molecule has 1 aromatic heterocycles. The summed E-state index contributed by atoms with van der Waals surface area (Å²) in [5.41, 5.74) is 1.26. The fourth-order valence-corrected chi connectivity index (χ4v) is 2.19. The molecule has 21 heavy (non-hydrogen) atoms. The van der Waals surface area contributed by atoms with Crippen LogP contribution in [0.15, 0.2) is 34.8 Å². The van der Waals surface area contributed by atoms with Gasteiger partial charge in [-0.05, 0) is 31.5 Å². The molecule has 0 spiro atoms. The monoisotopic (exact) mass is 348 g/mol. The molecule has 0 bridgehead atoms. The van der Waals surface area contributed by atoms with Crippen molar-refractivity contribution in [3.63, 3.8) is 0 Å². The summed E-state index contributed by atoms with van der Waals surface area (Å²) in [5, 5.41) is 5.99. The Hall–Kier alpha value is -1.95. The minimum Gasteiger partial charge on any atom is -0.351 e. The number of nitrogens with one attached hydrogen (secondary N) is 2. The van der Waals surface area contributed by atoms with E-state index in [-0.39, 0.29) is 5.91 Å². The number of carbonyl (C=O) groups is 1. The maximum absolute atomic E-state index is 12.0. The van der Waals surface area contributed by atoms with E-state index in [2.05, 4.69) is 36.5 Å². The van der Waals surface area contributed by atoms with Gasteiger partial charge in [0.2, 0.25) is 0 Å². The van der Waals surface area contributed by atoms with Crippen LogP contribution in [-0.4, -0.2) is 22.4 Å². The maximum atomic E-state index is 12.0. The summed E-state index contributed by atoms with van der Waals surface area (Å²) in [7, 11) is 0. The van der Waals surface area contributed by atoms with Crippen LogP contribution < -0.4 is 10.6 Å². The van der Waals surface area contributed by atoms with E-state index in [4.69, 9.17) is 0 Å². The molecule has 0 radical (unpaired) electrons. The molecule has 2 N–H and O–H groups in total. The lowest BCUT2D eigenvalue weighted by molar-refractivity contribution is 0.0948. The van der Waals surface area contributed by atoms with Crippen LogP contribution in [0.2, 0.25) is 0 Å². The van der Waals surface area contributed by atoms with Gasteiger partial charge in [-0.3, -0.25) is 4.79 Å². The number of hydrogen-bond acceptors (Lipinski definition) is 4. The normalized spacial score (nSPS) is 10.2. The lowest BCUT2D eigenvalue weighted by Crippen LogP contribution is -2.25. The van der Waals surface area contributed by atoms with Gasteiger partial charge in [0.25, 0.3) is 5.91 Å². The molecule has 6 heteroatoms. The van der Waals surface area contributed by atoms with Crippen molar-refractivity contribution in [2.24, 2.45) is 0 Å². The summed E-state index contributed by atoms with van der Waals surface area (Å²) in [6.45, 7) is 4.41. The lowest BCUT2D eigenvalue weighted by Gasteiger charge is -2.09. The van der Waals surface area contributed by atoms with Gasteiger partial charge < -0.3 is 10.6 Å². The minimum atomic E-state index is -0.181. The van der Waals surface area contributed by atoms with E-state index in [1.807, 2.05) is 31.2 Å². The SMILES string of the molecule is CCCNC(=O)c1cc(Nc2cccc(Br)c2)nc(C)n1. The zero-order chi connectivity index (χ0) is 15.2. The number of halogens is 1. The topological polar surface area (TPSA) is 66.9 Å². The van der Waals surface area contributed by atoms with E-state index in [9.17, 15) is 4.79 Å². The molecule has 0 saturated heterocycles. The molecule has 0 saturated carbocycles. The van der Waals surface area contributed by atoms with Gasteiger partial charge in [-0.15, -0.1) is 0 Å². The first kappa shape index (κ1) is 15.4. The fourth-order valence-electron chi connectivity index (χ4n) is 1.79. The molecule has 0 atom stereocenters. The molecular weight excluding hydrogens is 332 g/mol. The first-order chi connectivity index (χ1) is 10.1. The smallest absolute Gasteiger partial charge is 0.270 e. The highest BCUT2D eigenvalue weighted by molar-refractivity contribution is 9.10. The van der Waals surface area contributed by atoms with Crippen molar-refractivity contribution < 1.29 is 4.79 Å². The highest BCUT2D eigenvalue weighted by Gasteiger charge is 2.10. The first-order valence-electron chi connectivity index (χ1n) is 6.75. The van der Waals surface area contributed by atoms with Crippen LogP contribution in [0.5, 0.6) is 0 Å². The Morgan fingerprint density at radius 1 is 1.29 bits per heavy atom. The Kier molecular flexibility index (Phi) is 5.27. The van der Waals surface area contributed by atoms with Gasteiger partial charge in [0.05, 0.1) is 0 Å². The molecule has 1 aromatic carbocycles. The Morgan fingerprint density at radius 2 is 2.10 bits per heavy atom. The number of aryl methyl sites for hydroxylation is 1. The largest absolute Gasteiger partial charge is 0.351 e. The Labute approximate surface area is 132 Å². The van der Waals surface area contributed by atoms with Crippen LogP contribution in [0.25, 0.3) is 0 Å². The molecule has 2 rings (SSSR count). The van der Waals surface area contributed by atoms with Gasteiger partial charge in [0.1, 0.15) is 17.3 Å². The number of aromatic nitrogens is 2. The van der Waals surface area contributed by atoms with E-state index in [0.717, 1.165) is 16.6 Å². The standard InChI is InChI=1S/C15H17BrN4O/c1-3-7-17-15(21)13-9-14(19-10(2)18-13)20-12-6-4-5-11(16)8-12/h4-6,8-9H,3,7H2,1-2H3,(H,17,21)(H,18,19,20). The third-order valence-electron chi connectivity index (χ3n) is 2.70. The first-order valence-corrected chi connectivity index (χ1v) is 7.54. The summed E-state index contributed by atoms with van der Waals surface area (Å²) in [6, 6.07) is 9.39. The fraction of sp³-hybridized carbons (Fsp3) is 0.267. The number of hydrogen-bond donors (Lipinski definition) is 2. The van der Waals surface area contributed by atoms with Crippen molar-refractivity contribution in [3.05, 3.63) is 46.3 Å². The van der Waals surface area contributed by atoms with Crippen molar-refractivity contribution in [1.82, 2.24) is 15.3 Å². The summed E-state index contributed by atoms with van der Waals surface area (Å²) in [5.74, 6) is 0.971. The average Bonchev–Trinajstić information content (AvgIpc) is 2.44. The highest BCUT2D eigenvalue weighted by atomic mass is 79.9. The summed E-state index contributed by atoms with van der Waals surface area (Å²) < 4.78 is 0.971. The second-order valence-electron chi connectivity index (χ2n) is 4.58. The van der Waals surface area contributed by atoms with Crippen LogP contribution in [0.1, 0.15) is 29.7 Å². The summed E-state index contributed by atoms with van der Waals surface area (Å²) in [4.78, 5) is 20.5. The summed E-state index contributed by atoms with van der Waals surface area (Å²) in [6.07, 6.45) is 0.888. The number of rotatable bonds is 5. The van der Waals surface area contributed by atoms with Gasteiger partial charge in [0.15, 0.2) is 0 Å². The molecule has 1 amide bonds. The zero-order valence-corrected chi connectivity index (χ0v) is 13.6. The highest BCUT2D eigenvalue weighted by Crippen LogP contribution is 2.19. The third-order valence-corrected chi connectivity index (χ3v) is 3.20. The van der Waals surface area contributed by atoms with Gasteiger partial charge in [-0.1, -0.05) is 28.9 Å². The van der Waals surface area contributed by atoms with Gasteiger partial charge >= 0.3 is 0 Å². The van der Waals surface area contributed by atoms with Crippen LogP contribution in [0.4, 0.5) is 11.5 Å². The van der Waals surface area contributed by atoms with Crippen molar-refractivity contribution >= 4 is 33.3 Å². The molecule has 0 unspecified atom stereocenters. The second kappa shape index (κ2) is 7.17. The molecule has 2 aromatic rings. The van der Waals surface area contributed by atoms with Crippen LogP contribution in [0, 0.1) is 6.92 Å². The minimum absolute atomic E-state index is 0.181. The van der Waals surface area contributed by atoms with E-state index in [0.29, 0.717) is 23.9 Å². The van der Waals surface area contributed by atoms with Crippen molar-refractivity contribution in [2.75, 3.05) is 11.9 Å². The predicted octanol–water partition coefficient (Wildman–Crippen LogP) is 3.43. The zero-order valence-electron chi connectivity index (χ0n) is 12.0.